The molecular formula is C33H23N3O2. The van der Waals surface area contributed by atoms with E-state index in [0.29, 0.717) is 0 Å². The number of fused-ring (bicyclic) bond motifs is 1. The Bertz CT molecular complexity index is 1770. The van der Waals surface area contributed by atoms with Gasteiger partial charge in [0.05, 0.1) is 22.0 Å². The molecule has 0 aliphatic heterocycles. The minimum Gasteiger partial charge on any atom is -0.309 e. The van der Waals surface area contributed by atoms with Crippen molar-refractivity contribution in [3.63, 3.8) is 0 Å². The molecule has 5 nitrogen and oxygen atoms in total. The molecule has 5 heteroatoms. The van der Waals surface area contributed by atoms with Gasteiger partial charge in [-0.3, -0.25) is 15.1 Å². The van der Waals surface area contributed by atoms with Gasteiger partial charge in [0, 0.05) is 29.6 Å². The summed E-state index contributed by atoms with van der Waals surface area (Å²) in [5.74, 6) is 0. The number of hydrogen-bond acceptors (Lipinski definition) is 3. The summed E-state index contributed by atoms with van der Waals surface area (Å²) >= 11 is 0. The predicted molar refractivity (Wildman–Crippen MR) is 154 cm³/mol. The first-order chi connectivity index (χ1) is 18.7. The van der Waals surface area contributed by atoms with Gasteiger partial charge in [-0.05, 0) is 52.2 Å². The van der Waals surface area contributed by atoms with Gasteiger partial charge in [0.2, 0.25) is 0 Å². The molecule has 0 saturated heterocycles. The molecule has 38 heavy (non-hydrogen) atoms. The number of benzene rings is 5. The number of nitro groups is 1. The summed E-state index contributed by atoms with van der Waals surface area (Å²) in [7, 11) is 0. The lowest BCUT2D eigenvalue weighted by Crippen LogP contribution is -2.01. The number of nitro benzene ring substituents is 1. The zero-order chi connectivity index (χ0) is 25.9. The molecule has 6 aromatic rings. The van der Waals surface area contributed by atoms with Gasteiger partial charge in [-0.25, -0.2) is 0 Å². The second-order valence-corrected chi connectivity index (χ2v) is 8.96. The Labute approximate surface area is 220 Å². The molecule has 0 unspecified atom stereocenters. The van der Waals surface area contributed by atoms with Gasteiger partial charge in [0.15, 0.2) is 0 Å². The first kappa shape index (κ1) is 23.1. The third-order valence-electron chi connectivity index (χ3n) is 6.55. The molecule has 0 radical (unpaired) electrons. The van der Waals surface area contributed by atoms with Crippen molar-refractivity contribution in [1.29, 1.82) is 0 Å². The summed E-state index contributed by atoms with van der Waals surface area (Å²) in [5, 5.41) is 13.6. The molecule has 0 aliphatic carbocycles. The fraction of sp³-hybridized carbons (Fsp3) is 0. The highest BCUT2D eigenvalue weighted by atomic mass is 16.6. The second-order valence-electron chi connectivity index (χ2n) is 8.96. The lowest BCUT2D eigenvalue weighted by atomic mass is 10.1. The van der Waals surface area contributed by atoms with E-state index in [4.69, 9.17) is 4.99 Å². The normalized spacial score (nSPS) is 11.3. The van der Waals surface area contributed by atoms with E-state index in [1.807, 2.05) is 60.8 Å². The molecule has 0 bridgehead atoms. The van der Waals surface area contributed by atoms with Crippen molar-refractivity contribution in [2.75, 3.05) is 0 Å². The maximum Gasteiger partial charge on any atom is 0.269 e. The number of hydrogen-bond donors (Lipinski definition) is 0. The molecule has 0 amide bonds. The Balaban J connectivity index is 1.56. The highest BCUT2D eigenvalue weighted by Crippen LogP contribution is 2.36. The largest absolute Gasteiger partial charge is 0.309 e. The predicted octanol–water partition coefficient (Wildman–Crippen LogP) is 8.62. The summed E-state index contributed by atoms with van der Waals surface area (Å²) in [6.45, 7) is 0. The lowest BCUT2D eigenvalue weighted by Gasteiger charge is -2.15. The average molecular weight is 494 g/mol. The Morgan fingerprint density at radius 1 is 0.658 bits per heavy atom. The average Bonchev–Trinajstić information content (AvgIpc) is 3.36. The van der Waals surface area contributed by atoms with E-state index >= 15 is 0 Å². The van der Waals surface area contributed by atoms with E-state index in [1.54, 1.807) is 24.3 Å². The number of nitrogens with zero attached hydrogens (tertiary/aromatic N) is 3. The Hall–Kier alpha value is -5.29. The molecule has 0 aliphatic rings. The molecule has 1 aromatic heterocycles. The SMILES string of the molecule is O=[N+]([O-])c1ccc(-n2c(-c3ccccc3)cc(C=Nc3ccc4ccccc4c3)c2-c2ccccc2)cc1. The summed E-state index contributed by atoms with van der Waals surface area (Å²) in [6.07, 6.45) is 1.90. The van der Waals surface area contributed by atoms with Crippen LogP contribution in [-0.4, -0.2) is 15.7 Å². The van der Waals surface area contributed by atoms with Crippen LogP contribution in [0.5, 0.6) is 0 Å². The van der Waals surface area contributed by atoms with E-state index in [9.17, 15) is 10.1 Å². The molecule has 0 fully saturated rings. The van der Waals surface area contributed by atoms with Crippen LogP contribution >= 0.6 is 0 Å². The number of aliphatic imine (C=N–C) groups is 1. The third-order valence-corrected chi connectivity index (χ3v) is 6.55. The van der Waals surface area contributed by atoms with Gasteiger partial charge in [-0.15, -0.1) is 0 Å². The Kier molecular flexibility index (Phi) is 6.08. The van der Waals surface area contributed by atoms with Gasteiger partial charge in [-0.2, -0.15) is 0 Å². The summed E-state index contributed by atoms with van der Waals surface area (Å²) in [4.78, 5) is 15.8. The molecule has 0 atom stereocenters. The molecule has 5 aromatic carbocycles. The maximum absolute atomic E-state index is 11.3. The molecule has 0 N–H and O–H groups in total. The zero-order valence-corrected chi connectivity index (χ0v) is 20.4. The maximum atomic E-state index is 11.3. The molecular weight excluding hydrogens is 470 g/mol. The van der Waals surface area contributed by atoms with Crippen LogP contribution in [0.15, 0.2) is 138 Å². The quantitative estimate of drug-likeness (QED) is 0.132. The first-order valence-electron chi connectivity index (χ1n) is 12.3. The standard InChI is InChI=1S/C33H23N3O2/c37-36(38)31-19-17-30(18-20-31)35-32(25-10-3-1-4-11-25)22-28(33(35)26-12-5-2-6-13-26)23-34-29-16-15-24-9-7-8-14-27(24)21-29/h1-23H. The van der Waals surface area contributed by atoms with Crippen molar-refractivity contribution < 1.29 is 4.92 Å². The van der Waals surface area contributed by atoms with Crippen molar-refractivity contribution in [1.82, 2.24) is 4.57 Å². The van der Waals surface area contributed by atoms with E-state index in [2.05, 4.69) is 59.2 Å². The van der Waals surface area contributed by atoms with E-state index in [-0.39, 0.29) is 10.6 Å². The summed E-state index contributed by atoms with van der Waals surface area (Å²) < 4.78 is 2.15. The van der Waals surface area contributed by atoms with E-state index in [0.717, 1.165) is 44.8 Å². The summed E-state index contributed by atoms with van der Waals surface area (Å²) in [6, 6.07) is 43.5. The van der Waals surface area contributed by atoms with Gasteiger partial charge < -0.3 is 4.57 Å². The highest BCUT2D eigenvalue weighted by Gasteiger charge is 2.19. The highest BCUT2D eigenvalue weighted by molar-refractivity contribution is 5.95. The van der Waals surface area contributed by atoms with Crippen LogP contribution in [0.4, 0.5) is 11.4 Å². The molecule has 0 spiro atoms. The number of non-ortho nitro benzene ring substituents is 1. The van der Waals surface area contributed by atoms with Crippen molar-refractivity contribution in [3.05, 3.63) is 149 Å². The van der Waals surface area contributed by atoms with E-state index in [1.165, 1.54) is 5.39 Å². The van der Waals surface area contributed by atoms with Gasteiger partial charge in [-0.1, -0.05) is 91.0 Å². The lowest BCUT2D eigenvalue weighted by molar-refractivity contribution is -0.384. The third kappa shape index (κ3) is 4.49. The minimum absolute atomic E-state index is 0.0570. The minimum atomic E-state index is -0.378. The monoisotopic (exact) mass is 493 g/mol. The molecule has 6 rings (SSSR count). The first-order valence-corrected chi connectivity index (χ1v) is 12.3. The van der Waals surface area contributed by atoms with E-state index < -0.39 is 0 Å². The zero-order valence-electron chi connectivity index (χ0n) is 20.4. The van der Waals surface area contributed by atoms with Crippen LogP contribution in [0.25, 0.3) is 39.0 Å². The van der Waals surface area contributed by atoms with Crippen molar-refractivity contribution in [2.24, 2.45) is 4.99 Å². The smallest absolute Gasteiger partial charge is 0.269 e. The van der Waals surface area contributed by atoms with Gasteiger partial charge in [0.1, 0.15) is 0 Å². The Morgan fingerprint density at radius 2 is 1.29 bits per heavy atom. The van der Waals surface area contributed by atoms with Crippen LogP contribution < -0.4 is 0 Å². The van der Waals surface area contributed by atoms with Crippen LogP contribution in [0.3, 0.4) is 0 Å². The fourth-order valence-electron chi connectivity index (χ4n) is 4.73. The van der Waals surface area contributed by atoms with Crippen molar-refractivity contribution in [3.8, 4) is 28.2 Å². The number of rotatable bonds is 6. The van der Waals surface area contributed by atoms with Crippen molar-refractivity contribution >= 4 is 28.4 Å². The van der Waals surface area contributed by atoms with Gasteiger partial charge >= 0.3 is 0 Å². The Morgan fingerprint density at radius 3 is 1.97 bits per heavy atom. The van der Waals surface area contributed by atoms with Crippen LogP contribution in [0.2, 0.25) is 0 Å². The fourth-order valence-corrected chi connectivity index (χ4v) is 4.73. The topological polar surface area (TPSA) is 60.4 Å². The summed E-state index contributed by atoms with van der Waals surface area (Å²) in [5.41, 5.74) is 6.69. The molecule has 1 heterocycles. The molecule has 182 valence electrons. The molecule has 0 saturated carbocycles. The number of aromatic nitrogens is 1. The van der Waals surface area contributed by atoms with Gasteiger partial charge in [0.25, 0.3) is 5.69 Å². The van der Waals surface area contributed by atoms with Crippen LogP contribution in [0.1, 0.15) is 5.56 Å². The van der Waals surface area contributed by atoms with Crippen LogP contribution in [0, 0.1) is 10.1 Å². The van der Waals surface area contributed by atoms with Crippen molar-refractivity contribution in [2.45, 2.75) is 0 Å². The second kappa shape index (κ2) is 9.99. The van der Waals surface area contributed by atoms with Crippen LogP contribution in [-0.2, 0) is 0 Å².